The molecule has 4 heteroatoms. The quantitative estimate of drug-likeness (QED) is 0.796. The summed E-state index contributed by atoms with van der Waals surface area (Å²) in [5.74, 6) is 1.67. The predicted octanol–water partition coefficient (Wildman–Crippen LogP) is 3.62. The maximum absolute atomic E-state index is 12.8. The van der Waals surface area contributed by atoms with Gasteiger partial charge in [0.25, 0.3) is 5.91 Å². The van der Waals surface area contributed by atoms with Crippen molar-refractivity contribution in [1.29, 1.82) is 0 Å². The number of amides is 1. The number of Topliss-reactive ketones (excluding diaryl/α,β-unsaturated/α-hetero) is 1. The third-order valence-electron chi connectivity index (χ3n) is 4.92. The van der Waals surface area contributed by atoms with Crippen molar-refractivity contribution >= 4 is 11.7 Å². The van der Waals surface area contributed by atoms with E-state index < -0.39 is 0 Å². The Balaban J connectivity index is 1.93. The molecule has 3 rings (SSSR count). The van der Waals surface area contributed by atoms with E-state index in [-0.39, 0.29) is 17.1 Å². The van der Waals surface area contributed by atoms with Gasteiger partial charge < -0.3 is 9.32 Å². The molecule has 1 aliphatic heterocycles. The maximum atomic E-state index is 12.8. The van der Waals surface area contributed by atoms with Crippen LogP contribution in [0.3, 0.4) is 0 Å². The molecule has 0 aromatic carbocycles. The smallest absolute Gasteiger partial charge is 0.289 e. The Morgan fingerprint density at radius 2 is 2.05 bits per heavy atom. The van der Waals surface area contributed by atoms with Crippen LogP contribution in [0, 0.1) is 18.3 Å². The first-order valence-electron chi connectivity index (χ1n) is 8.23. The molecule has 0 N–H and O–H groups in total. The molecule has 22 heavy (non-hydrogen) atoms. The lowest BCUT2D eigenvalue weighted by atomic mass is 9.76. The second-order valence-corrected chi connectivity index (χ2v) is 7.79. The van der Waals surface area contributed by atoms with Crippen LogP contribution in [0.5, 0.6) is 0 Å². The molecule has 1 atom stereocenters. The molecule has 4 nitrogen and oxygen atoms in total. The van der Waals surface area contributed by atoms with Crippen molar-refractivity contribution in [3.63, 3.8) is 0 Å². The van der Waals surface area contributed by atoms with E-state index in [0.29, 0.717) is 29.4 Å². The Bertz CT molecular complexity index is 627. The number of carbonyl (C=O) groups is 2. The lowest BCUT2D eigenvalue weighted by Crippen LogP contribution is -2.39. The van der Waals surface area contributed by atoms with E-state index in [0.717, 1.165) is 31.5 Å². The summed E-state index contributed by atoms with van der Waals surface area (Å²) in [5, 5.41) is 0. The summed E-state index contributed by atoms with van der Waals surface area (Å²) in [6.07, 6.45) is 3.45. The topological polar surface area (TPSA) is 50.5 Å². The fourth-order valence-electron chi connectivity index (χ4n) is 3.80. The van der Waals surface area contributed by atoms with Gasteiger partial charge in [-0.05, 0) is 31.1 Å². The van der Waals surface area contributed by atoms with Gasteiger partial charge in [0.05, 0.1) is 5.56 Å². The zero-order valence-electron chi connectivity index (χ0n) is 14.0. The number of piperidine rings is 1. The lowest BCUT2D eigenvalue weighted by molar-refractivity contribution is 0.0645. The van der Waals surface area contributed by atoms with Gasteiger partial charge in [-0.25, -0.2) is 0 Å². The predicted molar refractivity (Wildman–Crippen MR) is 84.2 cm³/mol. The van der Waals surface area contributed by atoms with Crippen molar-refractivity contribution in [2.75, 3.05) is 13.1 Å². The maximum Gasteiger partial charge on any atom is 0.289 e. The van der Waals surface area contributed by atoms with E-state index >= 15 is 0 Å². The second kappa shape index (κ2) is 5.25. The highest BCUT2D eigenvalue weighted by Gasteiger charge is 2.38. The summed E-state index contributed by atoms with van der Waals surface area (Å²) in [4.78, 5) is 27.1. The molecular weight excluding hydrogens is 278 g/mol. The van der Waals surface area contributed by atoms with E-state index in [1.54, 1.807) is 0 Å². The summed E-state index contributed by atoms with van der Waals surface area (Å²) in [5.41, 5.74) is 1.31. The van der Waals surface area contributed by atoms with Crippen molar-refractivity contribution in [2.45, 2.75) is 53.4 Å². The molecule has 0 bridgehead atoms. The van der Waals surface area contributed by atoms with Crippen molar-refractivity contribution in [3.05, 3.63) is 22.6 Å². The van der Waals surface area contributed by atoms with Crippen LogP contribution < -0.4 is 0 Å². The first kappa shape index (κ1) is 15.3. The average molecular weight is 303 g/mol. The zero-order chi connectivity index (χ0) is 16.1. The fourth-order valence-corrected chi connectivity index (χ4v) is 3.80. The summed E-state index contributed by atoms with van der Waals surface area (Å²) in [6.45, 7) is 9.72. The molecule has 1 aromatic heterocycles. The number of carbonyl (C=O) groups excluding carboxylic acids is 2. The highest BCUT2D eigenvalue weighted by molar-refractivity contribution is 6.03. The Morgan fingerprint density at radius 1 is 1.32 bits per heavy atom. The van der Waals surface area contributed by atoms with Crippen LogP contribution in [0.15, 0.2) is 4.42 Å². The highest BCUT2D eigenvalue weighted by Crippen LogP contribution is 2.38. The molecule has 0 spiro atoms. The van der Waals surface area contributed by atoms with Crippen LogP contribution >= 0.6 is 0 Å². The SMILES string of the molecule is Cc1c(C(=O)N2CCCC(C)C2)oc2c1C(=O)CC(C)(C)C2. The Morgan fingerprint density at radius 3 is 2.73 bits per heavy atom. The van der Waals surface area contributed by atoms with Crippen LogP contribution in [0.4, 0.5) is 0 Å². The molecule has 1 aliphatic carbocycles. The summed E-state index contributed by atoms with van der Waals surface area (Å²) in [7, 11) is 0. The molecule has 1 amide bonds. The standard InChI is InChI=1S/C18H25NO3/c1-11-6-5-7-19(10-11)17(21)16-12(2)15-13(20)8-18(3,4)9-14(15)22-16/h11H,5-10H2,1-4H3. The van der Waals surface area contributed by atoms with Gasteiger partial charge in [-0.1, -0.05) is 20.8 Å². The highest BCUT2D eigenvalue weighted by atomic mass is 16.4. The Labute approximate surface area is 131 Å². The van der Waals surface area contributed by atoms with Crippen LogP contribution in [0.25, 0.3) is 0 Å². The third kappa shape index (κ3) is 2.59. The first-order chi connectivity index (χ1) is 10.3. The number of ketones is 1. The summed E-state index contributed by atoms with van der Waals surface area (Å²) >= 11 is 0. The summed E-state index contributed by atoms with van der Waals surface area (Å²) < 4.78 is 5.88. The normalized spacial score (nSPS) is 24.3. The molecule has 2 aliphatic rings. The van der Waals surface area contributed by atoms with Crippen LogP contribution in [-0.2, 0) is 6.42 Å². The van der Waals surface area contributed by atoms with Crippen molar-refractivity contribution in [1.82, 2.24) is 4.90 Å². The third-order valence-corrected chi connectivity index (χ3v) is 4.92. The molecule has 0 radical (unpaired) electrons. The number of nitrogens with zero attached hydrogens (tertiary/aromatic N) is 1. The number of likely N-dealkylation sites (tertiary alicyclic amines) is 1. The van der Waals surface area contributed by atoms with E-state index in [1.807, 2.05) is 11.8 Å². The van der Waals surface area contributed by atoms with E-state index in [9.17, 15) is 9.59 Å². The van der Waals surface area contributed by atoms with E-state index in [4.69, 9.17) is 4.42 Å². The number of fused-ring (bicyclic) bond motifs is 1. The average Bonchev–Trinajstić information content (AvgIpc) is 2.73. The molecular formula is C18H25NO3. The minimum Gasteiger partial charge on any atom is -0.455 e. The van der Waals surface area contributed by atoms with E-state index in [1.165, 1.54) is 6.42 Å². The molecule has 0 saturated carbocycles. The van der Waals surface area contributed by atoms with Crippen LogP contribution in [-0.4, -0.2) is 29.7 Å². The van der Waals surface area contributed by atoms with Crippen molar-refractivity contribution in [2.24, 2.45) is 11.3 Å². The minimum atomic E-state index is -0.0890. The van der Waals surface area contributed by atoms with Crippen molar-refractivity contribution in [3.8, 4) is 0 Å². The number of rotatable bonds is 1. The fraction of sp³-hybridized carbons (Fsp3) is 0.667. The number of hydrogen-bond acceptors (Lipinski definition) is 3. The lowest BCUT2D eigenvalue weighted by Gasteiger charge is -2.30. The summed E-state index contributed by atoms with van der Waals surface area (Å²) in [6, 6.07) is 0. The van der Waals surface area contributed by atoms with Gasteiger partial charge in [-0.2, -0.15) is 0 Å². The molecule has 1 fully saturated rings. The van der Waals surface area contributed by atoms with Gasteiger partial charge in [-0.15, -0.1) is 0 Å². The van der Waals surface area contributed by atoms with Gasteiger partial charge in [-0.3, -0.25) is 9.59 Å². The van der Waals surface area contributed by atoms with Crippen LogP contribution in [0.1, 0.15) is 72.3 Å². The van der Waals surface area contributed by atoms with Crippen molar-refractivity contribution < 1.29 is 14.0 Å². The molecule has 1 aromatic rings. The first-order valence-corrected chi connectivity index (χ1v) is 8.23. The van der Waals surface area contributed by atoms with Gasteiger partial charge in [0.15, 0.2) is 11.5 Å². The van der Waals surface area contributed by atoms with Gasteiger partial charge in [0.1, 0.15) is 5.76 Å². The Hall–Kier alpha value is -1.58. The largest absolute Gasteiger partial charge is 0.455 e. The number of hydrogen-bond donors (Lipinski definition) is 0. The minimum absolute atomic E-state index is 0.0518. The monoisotopic (exact) mass is 303 g/mol. The second-order valence-electron chi connectivity index (χ2n) is 7.79. The van der Waals surface area contributed by atoms with E-state index in [2.05, 4.69) is 20.8 Å². The molecule has 1 saturated heterocycles. The molecule has 1 unspecified atom stereocenters. The molecule has 2 heterocycles. The molecule has 120 valence electrons. The van der Waals surface area contributed by atoms with Gasteiger partial charge >= 0.3 is 0 Å². The van der Waals surface area contributed by atoms with Gasteiger partial charge in [0.2, 0.25) is 0 Å². The van der Waals surface area contributed by atoms with Gasteiger partial charge in [0, 0.05) is 31.5 Å². The number of furan rings is 1. The zero-order valence-corrected chi connectivity index (χ0v) is 14.0. The Kier molecular flexibility index (Phi) is 3.66. The van der Waals surface area contributed by atoms with Crippen LogP contribution in [0.2, 0.25) is 0 Å².